The standard InChI is InChI=1S/C26H20FNO2S/c1-2-22(18-8-11-21(27)12-9-18)26(20-10-13-24-23(15-20)28-16-31-24)19-6-3-17(4-7-19)5-14-25(29)30/h3-16H,2H2,1H3,(H,29,30)/b14-5+,26-22+. The zero-order valence-corrected chi connectivity index (χ0v) is 17.7. The molecule has 0 fully saturated rings. The molecule has 0 radical (unpaired) electrons. The molecule has 0 bridgehead atoms. The molecule has 3 nitrogen and oxygen atoms in total. The lowest BCUT2D eigenvalue weighted by atomic mass is 9.88. The molecule has 0 saturated carbocycles. The summed E-state index contributed by atoms with van der Waals surface area (Å²) in [6.45, 7) is 2.09. The van der Waals surface area contributed by atoms with E-state index in [0.717, 1.165) is 56.1 Å². The van der Waals surface area contributed by atoms with E-state index in [1.54, 1.807) is 29.5 Å². The molecule has 0 aliphatic carbocycles. The molecule has 4 aromatic rings. The maximum atomic E-state index is 13.5. The van der Waals surface area contributed by atoms with E-state index in [2.05, 4.69) is 30.1 Å². The van der Waals surface area contributed by atoms with Crippen LogP contribution in [0.2, 0.25) is 0 Å². The average Bonchev–Trinajstić information content (AvgIpc) is 3.25. The Morgan fingerprint density at radius 2 is 1.68 bits per heavy atom. The van der Waals surface area contributed by atoms with Gasteiger partial charge in [-0.2, -0.15) is 0 Å². The molecule has 0 saturated heterocycles. The van der Waals surface area contributed by atoms with Crippen molar-refractivity contribution in [3.8, 4) is 0 Å². The first kappa shape index (κ1) is 20.7. The van der Waals surface area contributed by atoms with Crippen LogP contribution in [0.25, 0.3) is 27.4 Å². The number of hydrogen-bond donors (Lipinski definition) is 1. The molecule has 4 rings (SSSR count). The van der Waals surface area contributed by atoms with E-state index in [9.17, 15) is 9.18 Å². The van der Waals surface area contributed by atoms with E-state index in [1.807, 2.05) is 29.8 Å². The predicted octanol–water partition coefficient (Wildman–Crippen LogP) is 6.90. The lowest BCUT2D eigenvalue weighted by molar-refractivity contribution is -0.131. The SMILES string of the molecule is CC/C(=C(/c1ccc(/C=C/C(=O)O)cc1)c1ccc2scnc2c1)c1ccc(F)cc1. The second-order valence-electron chi connectivity index (χ2n) is 7.04. The number of hydrogen-bond acceptors (Lipinski definition) is 3. The highest BCUT2D eigenvalue weighted by molar-refractivity contribution is 7.16. The lowest BCUT2D eigenvalue weighted by Crippen LogP contribution is -1.96. The molecule has 5 heteroatoms. The third-order valence-corrected chi connectivity index (χ3v) is 5.89. The Morgan fingerprint density at radius 3 is 2.35 bits per heavy atom. The largest absolute Gasteiger partial charge is 0.478 e. The fourth-order valence-corrected chi connectivity index (χ4v) is 4.29. The fourth-order valence-electron chi connectivity index (χ4n) is 3.63. The molecule has 154 valence electrons. The third kappa shape index (κ3) is 4.62. The molecule has 0 amide bonds. The summed E-state index contributed by atoms with van der Waals surface area (Å²) >= 11 is 1.60. The third-order valence-electron chi connectivity index (χ3n) is 5.08. The molecule has 0 atom stereocenters. The first-order chi connectivity index (χ1) is 15.0. The summed E-state index contributed by atoms with van der Waals surface area (Å²) < 4.78 is 14.7. The van der Waals surface area contributed by atoms with Crippen LogP contribution in [0, 0.1) is 5.82 Å². The normalized spacial score (nSPS) is 12.3. The number of benzene rings is 3. The van der Waals surface area contributed by atoms with E-state index in [4.69, 9.17) is 5.11 Å². The zero-order valence-electron chi connectivity index (χ0n) is 16.9. The Morgan fingerprint density at radius 1 is 1.00 bits per heavy atom. The highest BCUT2D eigenvalue weighted by Crippen LogP contribution is 2.36. The van der Waals surface area contributed by atoms with E-state index in [1.165, 1.54) is 12.1 Å². The van der Waals surface area contributed by atoms with E-state index < -0.39 is 5.97 Å². The Bertz CT molecular complexity index is 1290. The monoisotopic (exact) mass is 429 g/mol. The van der Waals surface area contributed by atoms with Crippen molar-refractivity contribution in [1.29, 1.82) is 0 Å². The van der Waals surface area contributed by atoms with Crippen LogP contribution in [0.4, 0.5) is 4.39 Å². The van der Waals surface area contributed by atoms with Gasteiger partial charge in [0.15, 0.2) is 0 Å². The Kier molecular flexibility index (Phi) is 6.05. The van der Waals surface area contributed by atoms with Gasteiger partial charge < -0.3 is 5.11 Å². The van der Waals surface area contributed by atoms with Crippen molar-refractivity contribution in [3.63, 3.8) is 0 Å². The number of carbonyl (C=O) groups is 1. The van der Waals surface area contributed by atoms with Crippen LogP contribution in [0.1, 0.15) is 35.6 Å². The minimum Gasteiger partial charge on any atom is -0.478 e. The van der Waals surface area contributed by atoms with Crippen LogP contribution in [0.3, 0.4) is 0 Å². The summed E-state index contributed by atoms with van der Waals surface area (Å²) in [5, 5.41) is 8.86. The van der Waals surface area contributed by atoms with E-state index >= 15 is 0 Å². The molecule has 1 N–H and O–H groups in total. The van der Waals surface area contributed by atoms with Crippen molar-refractivity contribution in [2.24, 2.45) is 0 Å². The molecule has 0 unspecified atom stereocenters. The van der Waals surface area contributed by atoms with Crippen molar-refractivity contribution in [3.05, 3.63) is 106 Å². The van der Waals surface area contributed by atoms with Gasteiger partial charge in [-0.3, -0.25) is 0 Å². The van der Waals surface area contributed by atoms with Crippen molar-refractivity contribution in [1.82, 2.24) is 4.98 Å². The van der Waals surface area contributed by atoms with Crippen molar-refractivity contribution in [2.45, 2.75) is 13.3 Å². The van der Waals surface area contributed by atoms with Crippen molar-refractivity contribution < 1.29 is 14.3 Å². The van der Waals surface area contributed by atoms with Crippen LogP contribution in [-0.2, 0) is 4.79 Å². The van der Waals surface area contributed by atoms with E-state index in [0.29, 0.717) is 0 Å². The zero-order chi connectivity index (χ0) is 21.8. The molecule has 31 heavy (non-hydrogen) atoms. The molecule has 1 heterocycles. The number of aromatic nitrogens is 1. The molecule has 0 spiro atoms. The highest BCUT2D eigenvalue weighted by Gasteiger charge is 2.14. The average molecular weight is 430 g/mol. The first-order valence-electron chi connectivity index (χ1n) is 9.89. The van der Waals surface area contributed by atoms with Gasteiger partial charge in [-0.1, -0.05) is 49.4 Å². The van der Waals surface area contributed by atoms with Crippen LogP contribution in [0.15, 0.2) is 78.3 Å². The summed E-state index contributed by atoms with van der Waals surface area (Å²) in [7, 11) is 0. The molecule has 0 aliphatic rings. The van der Waals surface area contributed by atoms with Gasteiger partial charge in [0.1, 0.15) is 5.82 Å². The van der Waals surface area contributed by atoms with Gasteiger partial charge in [0.2, 0.25) is 0 Å². The number of nitrogens with zero attached hydrogens (tertiary/aromatic N) is 1. The number of rotatable bonds is 6. The summed E-state index contributed by atoms with van der Waals surface area (Å²) in [5.74, 6) is -1.25. The minimum atomic E-state index is -0.981. The Hall–Kier alpha value is -3.57. The predicted molar refractivity (Wildman–Crippen MR) is 125 cm³/mol. The summed E-state index contributed by atoms with van der Waals surface area (Å²) in [6.07, 6.45) is 3.45. The second kappa shape index (κ2) is 9.06. The van der Waals surface area contributed by atoms with Gasteiger partial charge in [0, 0.05) is 6.08 Å². The van der Waals surface area contributed by atoms with E-state index in [-0.39, 0.29) is 5.82 Å². The number of halogens is 1. The number of allylic oxidation sites excluding steroid dienone is 1. The van der Waals surface area contributed by atoms with Crippen molar-refractivity contribution in [2.75, 3.05) is 0 Å². The number of carboxylic acid groups (broad SMARTS) is 1. The van der Waals surface area contributed by atoms with Crippen LogP contribution in [0.5, 0.6) is 0 Å². The smallest absolute Gasteiger partial charge is 0.328 e. The first-order valence-corrected chi connectivity index (χ1v) is 10.8. The maximum Gasteiger partial charge on any atom is 0.328 e. The molecular formula is C26H20FNO2S. The number of aliphatic carboxylic acids is 1. The Labute approximate surface area is 183 Å². The van der Waals surface area contributed by atoms with Gasteiger partial charge in [0.25, 0.3) is 0 Å². The van der Waals surface area contributed by atoms with Gasteiger partial charge in [0.05, 0.1) is 15.7 Å². The van der Waals surface area contributed by atoms with Gasteiger partial charge in [-0.15, -0.1) is 11.3 Å². The molecular weight excluding hydrogens is 409 g/mol. The maximum absolute atomic E-state index is 13.5. The van der Waals surface area contributed by atoms with Crippen LogP contribution >= 0.6 is 11.3 Å². The lowest BCUT2D eigenvalue weighted by Gasteiger charge is -2.17. The summed E-state index contributed by atoms with van der Waals surface area (Å²) in [6, 6.07) is 20.6. The molecule has 3 aromatic carbocycles. The fraction of sp³-hybridized carbons (Fsp3) is 0.0769. The second-order valence-corrected chi connectivity index (χ2v) is 7.93. The quantitative estimate of drug-likeness (QED) is 0.268. The summed E-state index contributed by atoms with van der Waals surface area (Å²) in [5.41, 5.74) is 8.74. The number of thiazole rings is 1. The summed E-state index contributed by atoms with van der Waals surface area (Å²) in [4.78, 5) is 15.3. The molecule has 1 aromatic heterocycles. The highest BCUT2D eigenvalue weighted by atomic mass is 32.1. The molecule has 0 aliphatic heterocycles. The van der Waals surface area contributed by atoms with Crippen LogP contribution < -0.4 is 0 Å². The topological polar surface area (TPSA) is 50.2 Å². The van der Waals surface area contributed by atoms with Crippen LogP contribution in [-0.4, -0.2) is 16.1 Å². The number of carboxylic acids is 1. The Balaban J connectivity index is 1.89. The number of fused-ring (bicyclic) bond motifs is 1. The van der Waals surface area contributed by atoms with Gasteiger partial charge in [-0.05, 0) is 70.2 Å². The van der Waals surface area contributed by atoms with Crippen molar-refractivity contribution >= 4 is 44.7 Å². The van der Waals surface area contributed by atoms with Gasteiger partial charge in [-0.25, -0.2) is 14.2 Å². The van der Waals surface area contributed by atoms with Gasteiger partial charge >= 0.3 is 5.97 Å². The minimum absolute atomic E-state index is 0.265.